The van der Waals surface area contributed by atoms with Gasteiger partial charge in [0.15, 0.2) is 10.4 Å². The number of fused-ring (bicyclic) bond motifs is 1. The topological polar surface area (TPSA) is 115 Å². The number of nitrogens with zero attached hydrogens (tertiary/aromatic N) is 2. The Kier molecular flexibility index (Phi) is 9.64. The minimum atomic E-state index is -0.753. The van der Waals surface area contributed by atoms with E-state index in [4.69, 9.17) is 22.7 Å². The van der Waals surface area contributed by atoms with Gasteiger partial charge in [-0.1, -0.05) is 115 Å². The molecule has 2 atom stereocenters. The Morgan fingerprint density at radius 2 is 1.62 bits per heavy atom. The number of ether oxygens (including phenoxy) is 1. The predicted molar refractivity (Wildman–Crippen MR) is 181 cm³/mol. The van der Waals surface area contributed by atoms with E-state index in [1.54, 1.807) is 0 Å². The number of nitrogens with one attached hydrogen (secondary N) is 1. The number of amides is 2. The molecule has 0 saturated carbocycles. The number of thiocarbonyl (C=S) groups is 1. The Morgan fingerprint density at radius 3 is 2.24 bits per heavy atom. The Hall–Kier alpha value is -3.97. The van der Waals surface area contributed by atoms with Gasteiger partial charge in [0.05, 0.1) is 17.1 Å². The number of thioether (sulfide) groups is 2. The summed E-state index contributed by atoms with van der Waals surface area (Å²) in [6.45, 7) is 0. The maximum absolute atomic E-state index is 14.2. The Labute approximate surface area is 278 Å². The number of rotatable bonds is 11. The molecule has 2 aliphatic heterocycles. The normalized spacial score (nSPS) is 17.4. The van der Waals surface area contributed by atoms with Crippen LogP contribution in [-0.2, 0) is 32.0 Å². The van der Waals surface area contributed by atoms with Crippen molar-refractivity contribution < 1.29 is 19.1 Å². The van der Waals surface area contributed by atoms with E-state index in [1.807, 2.05) is 96.4 Å². The number of carbonyl (C=O) groups excluding carboxylic acids is 3. The average molecular weight is 673 g/mol. The van der Waals surface area contributed by atoms with Crippen molar-refractivity contribution in [3.8, 4) is 0 Å². The molecule has 0 radical (unpaired) electrons. The summed E-state index contributed by atoms with van der Waals surface area (Å²) < 4.78 is 6.93. The molecule has 1 aromatic heterocycles. The number of β-lactam (4-membered cyclic amide) rings is 1. The van der Waals surface area contributed by atoms with Gasteiger partial charge in [0, 0.05) is 22.5 Å². The van der Waals surface area contributed by atoms with Crippen molar-refractivity contribution in [2.75, 3.05) is 5.75 Å². The fraction of sp³-hybridized carbons (Fsp3) is 0.182. The Morgan fingerprint density at radius 1 is 1.00 bits per heavy atom. The molecule has 0 spiro atoms. The van der Waals surface area contributed by atoms with E-state index in [0.29, 0.717) is 26.4 Å². The molecule has 8 nitrogen and oxygen atoms in total. The van der Waals surface area contributed by atoms with Crippen molar-refractivity contribution in [2.45, 2.75) is 34.7 Å². The zero-order valence-electron chi connectivity index (χ0n) is 23.8. The number of hydrogen-bond donors (Lipinski definition) is 2. The maximum Gasteiger partial charge on any atom is 0.356 e. The number of benzene rings is 3. The molecule has 228 valence electrons. The number of carbonyl (C=O) groups is 3. The first-order valence-corrected chi connectivity index (χ1v) is 17.2. The van der Waals surface area contributed by atoms with Gasteiger partial charge in [-0.15, -0.1) is 23.1 Å². The van der Waals surface area contributed by atoms with Gasteiger partial charge in [-0.05, 0) is 16.7 Å². The molecule has 3 heterocycles. The Balaban J connectivity index is 1.29. The number of hydrogen-bond acceptors (Lipinski definition) is 9. The number of aromatic nitrogens is 1. The molecule has 6 rings (SSSR count). The van der Waals surface area contributed by atoms with Crippen molar-refractivity contribution in [3.63, 3.8) is 0 Å². The van der Waals surface area contributed by atoms with Crippen LogP contribution in [0.5, 0.6) is 0 Å². The number of nitrogens with two attached hydrogens (primary N) is 1. The van der Waals surface area contributed by atoms with Crippen LogP contribution in [-0.4, -0.2) is 49.8 Å². The van der Waals surface area contributed by atoms with Crippen LogP contribution in [0.15, 0.2) is 111 Å². The first-order valence-electron chi connectivity index (χ1n) is 14.1. The second kappa shape index (κ2) is 14.0. The van der Waals surface area contributed by atoms with Crippen molar-refractivity contribution in [1.82, 2.24) is 15.2 Å². The van der Waals surface area contributed by atoms with Crippen molar-refractivity contribution >= 4 is 69.9 Å². The first-order chi connectivity index (χ1) is 21.9. The summed E-state index contributed by atoms with van der Waals surface area (Å²) in [5, 5.41) is 4.32. The molecule has 45 heavy (non-hydrogen) atoms. The predicted octanol–water partition coefficient (Wildman–Crippen LogP) is 5.25. The second-order valence-corrected chi connectivity index (χ2v) is 14.2. The van der Waals surface area contributed by atoms with E-state index in [1.165, 1.54) is 39.8 Å². The second-order valence-electron chi connectivity index (χ2n) is 10.3. The quantitative estimate of drug-likeness (QED) is 0.125. The third kappa shape index (κ3) is 7.14. The van der Waals surface area contributed by atoms with Crippen LogP contribution in [0.4, 0.5) is 0 Å². The summed E-state index contributed by atoms with van der Waals surface area (Å²) >= 11 is 9.27. The molecular weight excluding hydrogens is 645 g/mol. The largest absolute Gasteiger partial charge is 0.448 e. The zero-order chi connectivity index (χ0) is 31.3. The van der Waals surface area contributed by atoms with Gasteiger partial charge < -0.3 is 15.8 Å². The lowest BCUT2D eigenvalue weighted by molar-refractivity contribution is -0.154. The molecule has 3 N–H and O–H groups in total. The average Bonchev–Trinajstić information content (AvgIpc) is 3.49. The highest BCUT2D eigenvalue weighted by atomic mass is 32.2. The van der Waals surface area contributed by atoms with E-state index < -0.39 is 23.5 Å². The molecule has 2 amide bonds. The van der Waals surface area contributed by atoms with Crippen molar-refractivity contribution in [2.24, 2.45) is 5.73 Å². The van der Waals surface area contributed by atoms with Gasteiger partial charge in [-0.3, -0.25) is 14.5 Å². The molecular formula is C33H28N4O4S4. The SMILES string of the molecule is NC(=S)Cc1csc(SC2=C(C(=O)OC(c3ccccc3)c3ccccc3)N3C(=O)[C@@H](NC(=O)Cc4ccccc4)[C@H]3SC2)n1. The number of thiazole rings is 1. The monoisotopic (exact) mass is 672 g/mol. The van der Waals surface area contributed by atoms with Crippen LogP contribution in [0, 0.1) is 0 Å². The molecule has 1 saturated heterocycles. The molecule has 4 aromatic rings. The fourth-order valence-electron chi connectivity index (χ4n) is 5.11. The van der Waals surface area contributed by atoms with Crippen molar-refractivity contribution in [1.29, 1.82) is 0 Å². The molecule has 1 fully saturated rings. The summed E-state index contributed by atoms with van der Waals surface area (Å²) in [7, 11) is 0. The summed E-state index contributed by atoms with van der Waals surface area (Å²) in [6, 6.07) is 27.6. The lowest BCUT2D eigenvalue weighted by Gasteiger charge is -2.49. The third-order valence-corrected chi connectivity index (χ3v) is 10.9. The maximum atomic E-state index is 14.2. The molecule has 0 bridgehead atoms. The van der Waals surface area contributed by atoms with E-state index in [9.17, 15) is 14.4 Å². The summed E-state index contributed by atoms with van der Waals surface area (Å²) in [4.78, 5) is 47.8. The fourth-order valence-corrected chi connectivity index (χ4v) is 8.73. The zero-order valence-corrected chi connectivity index (χ0v) is 27.1. The van der Waals surface area contributed by atoms with Gasteiger partial charge >= 0.3 is 5.97 Å². The minimum absolute atomic E-state index is 0.155. The van der Waals surface area contributed by atoms with Gasteiger partial charge in [0.2, 0.25) is 5.91 Å². The summed E-state index contributed by atoms with van der Waals surface area (Å²) in [5.74, 6) is -0.805. The van der Waals surface area contributed by atoms with Crippen molar-refractivity contribution in [3.05, 3.63) is 129 Å². The number of esters is 1. The molecule has 2 aliphatic rings. The van der Waals surface area contributed by atoms with Gasteiger partial charge in [0.25, 0.3) is 5.91 Å². The summed E-state index contributed by atoms with van der Waals surface area (Å²) in [5.41, 5.74) is 9.08. The van der Waals surface area contributed by atoms with Gasteiger partial charge in [-0.25, -0.2) is 9.78 Å². The molecule has 3 aromatic carbocycles. The van der Waals surface area contributed by atoms with Crippen LogP contribution >= 0.6 is 47.1 Å². The van der Waals surface area contributed by atoms with Crippen LogP contribution < -0.4 is 11.1 Å². The molecule has 12 heteroatoms. The van der Waals surface area contributed by atoms with Gasteiger partial charge in [-0.2, -0.15) is 0 Å². The third-order valence-electron chi connectivity index (χ3n) is 7.18. The standard InChI is InChI=1S/C33H28N4O4S4/c34-25(42)17-23-18-44-33(35-23)45-24-19-43-31-27(36-26(38)16-20-10-4-1-5-11-20)30(39)37(31)28(24)32(40)41-29(21-12-6-2-7-13-21)22-14-8-3-9-15-22/h1-15,18,27,29,31H,16-17,19H2,(H2,34,42)(H,36,38)/t27-,31-/m1/s1. The van der Waals surface area contributed by atoms with E-state index >= 15 is 0 Å². The minimum Gasteiger partial charge on any atom is -0.448 e. The summed E-state index contributed by atoms with van der Waals surface area (Å²) in [6.07, 6.45) is -0.161. The lowest BCUT2D eigenvalue weighted by Crippen LogP contribution is -2.70. The van der Waals surface area contributed by atoms with Gasteiger partial charge in [0.1, 0.15) is 17.1 Å². The molecule has 0 unspecified atom stereocenters. The highest BCUT2D eigenvalue weighted by molar-refractivity contribution is 8.07. The van der Waals surface area contributed by atoms with E-state index in [0.717, 1.165) is 22.4 Å². The first kappa shape index (κ1) is 31.0. The smallest absolute Gasteiger partial charge is 0.356 e. The lowest BCUT2D eigenvalue weighted by atomic mass is 10.0. The highest BCUT2D eigenvalue weighted by Gasteiger charge is 2.55. The van der Waals surface area contributed by atoms with Crippen LogP contribution in [0.1, 0.15) is 28.5 Å². The van der Waals surface area contributed by atoms with Crippen LogP contribution in [0.3, 0.4) is 0 Å². The van der Waals surface area contributed by atoms with Crippen LogP contribution in [0.25, 0.3) is 0 Å². The van der Waals surface area contributed by atoms with E-state index in [2.05, 4.69) is 10.3 Å². The van der Waals surface area contributed by atoms with E-state index in [-0.39, 0.29) is 23.9 Å². The van der Waals surface area contributed by atoms with Crippen LogP contribution in [0.2, 0.25) is 0 Å². The highest BCUT2D eigenvalue weighted by Crippen LogP contribution is 2.46. The Bertz CT molecular complexity index is 1710. The molecule has 0 aliphatic carbocycles.